The van der Waals surface area contributed by atoms with Gasteiger partial charge in [-0.3, -0.25) is 4.90 Å². The van der Waals surface area contributed by atoms with Gasteiger partial charge in [0.2, 0.25) is 0 Å². The Labute approximate surface area is 129 Å². The second kappa shape index (κ2) is 6.04. The third kappa shape index (κ3) is 3.18. The minimum absolute atomic E-state index is 0.578. The Morgan fingerprint density at radius 3 is 2.90 bits per heavy atom. The molecule has 4 heteroatoms. The summed E-state index contributed by atoms with van der Waals surface area (Å²) in [6.07, 6.45) is 2.80. The third-order valence-corrected chi connectivity index (χ3v) is 5.22. The van der Waals surface area contributed by atoms with Gasteiger partial charge >= 0.3 is 0 Å². The van der Waals surface area contributed by atoms with E-state index in [1.807, 2.05) is 6.07 Å². The van der Waals surface area contributed by atoms with E-state index in [1.165, 1.54) is 22.9 Å². The van der Waals surface area contributed by atoms with Crippen LogP contribution in [0, 0.1) is 5.92 Å². The standard InChI is InChI=1S/C16H23BrN2O/c1-11-9-19(16(8-18-11)12-3-4-12)10-13-7-14(20-2)5-6-15(13)17/h5-7,11-12,16,18H,3-4,8-10H2,1-2H3. The van der Waals surface area contributed by atoms with Crippen LogP contribution >= 0.6 is 15.9 Å². The lowest BCUT2D eigenvalue weighted by Gasteiger charge is -2.40. The fourth-order valence-electron chi connectivity index (χ4n) is 3.15. The van der Waals surface area contributed by atoms with Crippen molar-refractivity contribution in [1.29, 1.82) is 0 Å². The van der Waals surface area contributed by atoms with Crippen molar-refractivity contribution in [2.24, 2.45) is 5.92 Å². The summed E-state index contributed by atoms with van der Waals surface area (Å²) in [5.41, 5.74) is 1.32. The van der Waals surface area contributed by atoms with Crippen LogP contribution in [0.5, 0.6) is 5.75 Å². The molecule has 20 heavy (non-hydrogen) atoms. The van der Waals surface area contributed by atoms with E-state index in [1.54, 1.807) is 7.11 Å². The van der Waals surface area contributed by atoms with E-state index in [4.69, 9.17) is 4.74 Å². The second-order valence-corrected chi connectivity index (χ2v) is 6.96. The summed E-state index contributed by atoms with van der Waals surface area (Å²) in [6, 6.07) is 7.53. The lowest BCUT2D eigenvalue weighted by Crippen LogP contribution is -2.55. The molecule has 3 nitrogen and oxygen atoms in total. The van der Waals surface area contributed by atoms with E-state index in [0.717, 1.165) is 31.3 Å². The summed E-state index contributed by atoms with van der Waals surface area (Å²) in [4.78, 5) is 2.65. The van der Waals surface area contributed by atoms with Crippen molar-refractivity contribution in [2.45, 2.75) is 38.4 Å². The van der Waals surface area contributed by atoms with Gasteiger partial charge in [0.15, 0.2) is 0 Å². The fraction of sp³-hybridized carbons (Fsp3) is 0.625. The van der Waals surface area contributed by atoms with Crippen molar-refractivity contribution in [3.63, 3.8) is 0 Å². The van der Waals surface area contributed by atoms with Gasteiger partial charge in [0, 0.05) is 36.2 Å². The number of hydrogen-bond acceptors (Lipinski definition) is 3. The van der Waals surface area contributed by atoms with Crippen LogP contribution in [0.3, 0.4) is 0 Å². The topological polar surface area (TPSA) is 24.5 Å². The molecule has 2 unspecified atom stereocenters. The SMILES string of the molecule is COc1ccc(Br)c(CN2CC(C)NCC2C2CC2)c1. The predicted octanol–water partition coefficient (Wildman–Crippen LogP) is 3.03. The maximum atomic E-state index is 5.36. The molecule has 1 aromatic rings. The van der Waals surface area contributed by atoms with Crippen molar-refractivity contribution in [3.8, 4) is 5.75 Å². The summed E-state index contributed by atoms with van der Waals surface area (Å²) in [7, 11) is 1.73. The molecule has 0 amide bonds. The minimum Gasteiger partial charge on any atom is -0.497 e. The van der Waals surface area contributed by atoms with Gasteiger partial charge in [0.25, 0.3) is 0 Å². The summed E-state index contributed by atoms with van der Waals surface area (Å²) in [6.45, 7) is 5.54. The third-order valence-electron chi connectivity index (χ3n) is 4.45. The Hall–Kier alpha value is -0.580. The molecule has 1 saturated heterocycles. The van der Waals surface area contributed by atoms with E-state index in [9.17, 15) is 0 Å². The highest BCUT2D eigenvalue weighted by Gasteiger charge is 2.37. The van der Waals surface area contributed by atoms with Crippen LogP contribution in [0.2, 0.25) is 0 Å². The highest BCUT2D eigenvalue weighted by molar-refractivity contribution is 9.10. The van der Waals surface area contributed by atoms with E-state index in [-0.39, 0.29) is 0 Å². The first kappa shape index (κ1) is 14.4. The van der Waals surface area contributed by atoms with Crippen molar-refractivity contribution >= 4 is 15.9 Å². The first-order chi connectivity index (χ1) is 9.67. The molecular weight excluding hydrogens is 316 g/mol. The molecule has 1 aromatic carbocycles. The highest BCUT2D eigenvalue weighted by atomic mass is 79.9. The smallest absolute Gasteiger partial charge is 0.119 e. The molecule has 3 rings (SSSR count). The molecule has 1 N–H and O–H groups in total. The van der Waals surface area contributed by atoms with Gasteiger partial charge in [-0.15, -0.1) is 0 Å². The Kier molecular flexibility index (Phi) is 4.34. The van der Waals surface area contributed by atoms with E-state index >= 15 is 0 Å². The summed E-state index contributed by atoms with van der Waals surface area (Å²) >= 11 is 3.68. The number of nitrogens with zero attached hydrogens (tertiary/aromatic N) is 1. The summed E-state index contributed by atoms with van der Waals surface area (Å²) in [5, 5.41) is 3.63. The molecule has 1 aliphatic carbocycles. The number of nitrogens with one attached hydrogen (secondary N) is 1. The molecule has 0 spiro atoms. The molecule has 2 aliphatic rings. The lowest BCUT2D eigenvalue weighted by molar-refractivity contribution is 0.112. The number of methoxy groups -OCH3 is 1. The predicted molar refractivity (Wildman–Crippen MR) is 85.1 cm³/mol. The number of rotatable bonds is 4. The van der Waals surface area contributed by atoms with Gasteiger partial charge in [0.1, 0.15) is 5.75 Å². The largest absolute Gasteiger partial charge is 0.497 e. The molecule has 1 saturated carbocycles. The maximum absolute atomic E-state index is 5.36. The van der Waals surface area contributed by atoms with Crippen LogP contribution in [0.1, 0.15) is 25.3 Å². The van der Waals surface area contributed by atoms with E-state index in [2.05, 4.69) is 45.2 Å². The van der Waals surface area contributed by atoms with Crippen LogP contribution in [0.15, 0.2) is 22.7 Å². The molecule has 0 radical (unpaired) electrons. The average Bonchev–Trinajstić information content (AvgIpc) is 3.26. The molecule has 1 heterocycles. The monoisotopic (exact) mass is 338 g/mol. The normalized spacial score (nSPS) is 27.6. The van der Waals surface area contributed by atoms with Crippen LogP contribution in [0.4, 0.5) is 0 Å². The van der Waals surface area contributed by atoms with Gasteiger partial charge in [-0.05, 0) is 49.4 Å². The number of benzene rings is 1. The second-order valence-electron chi connectivity index (χ2n) is 6.10. The molecule has 1 aliphatic heterocycles. The van der Waals surface area contributed by atoms with Crippen molar-refractivity contribution in [2.75, 3.05) is 20.2 Å². The van der Waals surface area contributed by atoms with Gasteiger partial charge < -0.3 is 10.1 Å². The molecule has 2 fully saturated rings. The van der Waals surface area contributed by atoms with Crippen LogP contribution in [0.25, 0.3) is 0 Å². The summed E-state index contributed by atoms with van der Waals surface area (Å²) in [5.74, 6) is 1.84. The number of halogens is 1. The Bertz CT molecular complexity index is 476. The maximum Gasteiger partial charge on any atom is 0.119 e. The Morgan fingerprint density at radius 1 is 1.40 bits per heavy atom. The van der Waals surface area contributed by atoms with Crippen LogP contribution in [-0.2, 0) is 6.54 Å². The molecule has 2 atom stereocenters. The molecule has 0 bridgehead atoms. The number of piperazine rings is 1. The van der Waals surface area contributed by atoms with Crippen molar-refractivity contribution in [1.82, 2.24) is 10.2 Å². The van der Waals surface area contributed by atoms with Gasteiger partial charge in [-0.1, -0.05) is 15.9 Å². The van der Waals surface area contributed by atoms with Crippen LogP contribution in [-0.4, -0.2) is 37.2 Å². The van der Waals surface area contributed by atoms with Gasteiger partial charge in [-0.25, -0.2) is 0 Å². The summed E-state index contributed by atoms with van der Waals surface area (Å²) < 4.78 is 6.53. The minimum atomic E-state index is 0.578. The van der Waals surface area contributed by atoms with Crippen molar-refractivity contribution in [3.05, 3.63) is 28.2 Å². The molecule has 0 aromatic heterocycles. The van der Waals surface area contributed by atoms with Crippen molar-refractivity contribution < 1.29 is 4.74 Å². The molecule has 110 valence electrons. The van der Waals surface area contributed by atoms with E-state index in [0.29, 0.717) is 12.1 Å². The zero-order valence-electron chi connectivity index (χ0n) is 12.2. The van der Waals surface area contributed by atoms with Gasteiger partial charge in [0.05, 0.1) is 7.11 Å². The highest BCUT2D eigenvalue weighted by Crippen LogP contribution is 2.37. The zero-order valence-corrected chi connectivity index (χ0v) is 13.8. The Balaban J connectivity index is 1.77. The Morgan fingerprint density at radius 2 is 2.20 bits per heavy atom. The molecular formula is C16H23BrN2O. The number of ether oxygens (including phenoxy) is 1. The lowest BCUT2D eigenvalue weighted by atomic mass is 10.0. The first-order valence-electron chi connectivity index (χ1n) is 7.47. The van der Waals surface area contributed by atoms with Crippen LogP contribution < -0.4 is 10.1 Å². The number of hydrogen-bond donors (Lipinski definition) is 1. The zero-order chi connectivity index (χ0) is 14.1. The average molecular weight is 339 g/mol. The fourth-order valence-corrected chi connectivity index (χ4v) is 3.52. The first-order valence-corrected chi connectivity index (χ1v) is 8.26. The quantitative estimate of drug-likeness (QED) is 0.913. The van der Waals surface area contributed by atoms with E-state index < -0.39 is 0 Å². The van der Waals surface area contributed by atoms with Gasteiger partial charge in [-0.2, -0.15) is 0 Å².